The van der Waals surface area contributed by atoms with Gasteiger partial charge in [-0.05, 0) is 42.3 Å². The fourth-order valence-electron chi connectivity index (χ4n) is 1.93. The average Bonchev–Trinajstić information content (AvgIpc) is 2.45. The minimum Gasteiger partial charge on any atom is -0.306 e. The Labute approximate surface area is 126 Å². The molecular formula is C16H14BrFN2. The van der Waals surface area contributed by atoms with Crippen LogP contribution in [0.1, 0.15) is 29.7 Å². The van der Waals surface area contributed by atoms with Gasteiger partial charge in [-0.3, -0.25) is 0 Å². The molecule has 0 spiro atoms. The van der Waals surface area contributed by atoms with Crippen LogP contribution in [-0.2, 0) is 6.54 Å². The third-order valence-electron chi connectivity index (χ3n) is 3.12. The molecule has 0 aliphatic carbocycles. The molecule has 102 valence electrons. The van der Waals surface area contributed by atoms with Gasteiger partial charge in [-0.1, -0.05) is 34.1 Å². The molecule has 2 nitrogen and oxygen atoms in total. The van der Waals surface area contributed by atoms with Crippen LogP contribution >= 0.6 is 15.9 Å². The molecule has 2 rings (SSSR count). The maximum Gasteiger partial charge on any atom is 0.124 e. The Morgan fingerprint density at radius 1 is 1.25 bits per heavy atom. The van der Waals surface area contributed by atoms with Gasteiger partial charge in [-0.15, -0.1) is 0 Å². The minimum atomic E-state index is -0.250. The van der Waals surface area contributed by atoms with Gasteiger partial charge in [0.25, 0.3) is 0 Å². The van der Waals surface area contributed by atoms with Crippen molar-refractivity contribution >= 4 is 15.9 Å². The van der Waals surface area contributed by atoms with E-state index in [4.69, 9.17) is 5.26 Å². The highest BCUT2D eigenvalue weighted by molar-refractivity contribution is 9.10. The smallest absolute Gasteiger partial charge is 0.124 e. The van der Waals surface area contributed by atoms with Crippen molar-refractivity contribution in [3.05, 3.63) is 69.4 Å². The average molecular weight is 333 g/mol. The van der Waals surface area contributed by atoms with Crippen LogP contribution in [0.25, 0.3) is 0 Å². The zero-order valence-electron chi connectivity index (χ0n) is 11.0. The number of halogens is 2. The summed E-state index contributed by atoms with van der Waals surface area (Å²) in [6.07, 6.45) is 0. The molecule has 0 amide bonds. The fraction of sp³-hybridized carbons (Fsp3) is 0.188. The van der Waals surface area contributed by atoms with Gasteiger partial charge in [-0.25, -0.2) is 4.39 Å². The molecular weight excluding hydrogens is 319 g/mol. The van der Waals surface area contributed by atoms with Crippen molar-refractivity contribution in [2.75, 3.05) is 0 Å². The van der Waals surface area contributed by atoms with Crippen LogP contribution in [0.5, 0.6) is 0 Å². The topological polar surface area (TPSA) is 35.8 Å². The van der Waals surface area contributed by atoms with Crippen molar-refractivity contribution in [1.29, 1.82) is 5.26 Å². The maximum absolute atomic E-state index is 13.1. The Morgan fingerprint density at radius 3 is 2.55 bits per heavy atom. The van der Waals surface area contributed by atoms with Crippen molar-refractivity contribution in [3.63, 3.8) is 0 Å². The lowest BCUT2D eigenvalue weighted by atomic mass is 10.1. The van der Waals surface area contributed by atoms with Gasteiger partial charge in [0.15, 0.2) is 0 Å². The Hall–Kier alpha value is -1.70. The summed E-state index contributed by atoms with van der Waals surface area (Å²) in [5.41, 5.74) is 2.78. The monoisotopic (exact) mass is 332 g/mol. The summed E-state index contributed by atoms with van der Waals surface area (Å²) >= 11 is 3.38. The highest BCUT2D eigenvalue weighted by Crippen LogP contribution is 2.24. The first-order valence-electron chi connectivity index (χ1n) is 6.27. The second-order valence-corrected chi connectivity index (χ2v) is 5.43. The molecule has 1 N–H and O–H groups in total. The number of nitrogens with zero attached hydrogens (tertiary/aromatic N) is 1. The van der Waals surface area contributed by atoms with Gasteiger partial charge in [-0.2, -0.15) is 5.26 Å². The van der Waals surface area contributed by atoms with Crippen molar-refractivity contribution < 1.29 is 4.39 Å². The van der Waals surface area contributed by atoms with Gasteiger partial charge >= 0.3 is 0 Å². The summed E-state index contributed by atoms with van der Waals surface area (Å²) in [5.74, 6) is -0.250. The molecule has 20 heavy (non-hydrogen) atoms. The van der Waals surface area contributed by atoms with Crippen LogP contribution in [0.15, 0.2) is 46.9 Å². The normalized spacial score (nSPS) is 11.9. The first-order valence-corrected chi connectivity index (χ1v) is 7.07. The fourth-order valence-corrected chi connectivity index (χ4v) is 2.62. The molecule has 0 aliphatic rings. The predicted octanol–water partition coefficient (Wildman–Crippen LogP) is 4.31. The van der Waals surface area contributed by atoms with Crippen LogP contribution < -0.4 is 5.32 Å². The molecule has 0 fully saturated rings. The number of rotatable bonds is 4. The second kappa shape index (κ2) is 6.65. The molecule has 0 aromatic heterocycles. The quantitative estimate of drug-likeness (QED) is 0.905. The summed E-state index contributed by atoms with van der Waals surface area (Å²) in [4.78, 5) is 0. The molecule has 2 aromatic rings. The number of hydrogen-bond acceptors (Lipinski definition) is 2. The molecule has 0 aliphatic heterocycles. The van der Waals surface area contributed by atoms with E-state index in [-0.39, 0.29) is 11.9 Å². The molecule has 4 heteroatoms. The zero-order chi connectivity index (χ0) is 14.5. The van der Waals surface area contributed by atoms with E-state index in [2.05, 4.69) is 27.3 Å². The number of hydrogen-bond donors (Lipinski definition) is 1. The highest BCUT2D eigenvalue weighted by atomic mass is 79.9. The van der Waals surface area contributed by atoms with E-state index in [0.29, 0.717) is 12.1 Å². The highest BCUT2D eigenvalue weighted by Gasteiger charge is 2.09. The number of nitriles is 1. The van der Waals surface area contributed by atoms with E-state index in [1.54, 1.807) is 18.2 Å². The van der Waals surface area contributed by atoms with Crippen molar-refractivity contribution in [1.82, 2.24) is 5.32 Å². The molecule has 0 saturated carbocycles. The standard InChI is InChI=1S/C16H14BrFN2/c1-11(15-7-6-14(18)8-16(15)17)20-10-13-4-2-12(9-19)3-5-13/h2-8,11,20H,10H2,1H3. The Bertz CT molecular complexity index is 632. The largest absolute Gasteiger partial charge is 0.306 e. The molecule has 0 bridgehead atoms. The van der Waals surface area contributed by atoms with Crippen molar-refractivity contribution in [2.24, 2.45) is 0 Å². The van der Waals surface area contributed by atoms with E-state index in [9.17, 15) is 4.39 Å². The van der Waals surface area contributed by atoms with Crippen LogP contribution in [0, 0.1) is 17.1 Å². The first-order chi connectivity index (χ1) is 9.60. The van der Waals surface area contributed by atoms with Crippen LogP contribution in [-0.4, -0.2) is 0 Å². The van der Waals surface area contributed by atoms with E-state index in [1.807, 2.05) is 19.1 Å². The lowest BCUT2D eigenvalue weighted by molar-refractivity contribution is 0.568. The first kappa shape index (κ1) is 14.7. The molecule has 1 atom stereocenters. The van der Waals surface area contributed by atoms with Gasteiger partial charge in [0.1, 0.15) is 5.82 Å². The number of benzene rings is 2. The van der Waals surface area contributed by atoms with E-state index in [0.717, 1.165) is 15.6 Å². The molecule has 2 aromatic carbocycles. The summed E-state index contributed by atoms with van der Waals surface area (Å²) in [5, 5.41) is 12.1. The molecule has 0 saturated heterocycles. The second-order valence-electron chi connectivity index (χ2n) is 4.58. The van der Waals surface area contributed by atoms with E-state index >= 15 is 0 Å². The van der Waals surface area contributed by atoms with Crippen molar-refractivity contribution in [3.8, 4) is 6.07 Å². The third kappa shape index (κ3) is 3.66. The van der Waals surface area contributed by atoms with Gasteiger partial charge in [0, 0.05) is 17.1 Å². The molecule has 0 heterocycles. The van der Waals surface area contributed by atoms with Gasteiger partial charge in [0.05, 0.1) is 11.6 Å². The summed E-state index contributed by atoms with van der Waals surface area (Å²) < 4.78 is 13.8. The third-order valence-corrected chi connectivity index (χ3v) is 3.81. The van der Waals surface area contributed by atoms with Gasteiger partial charge < -0.3 is 5.32 Å². The Kier molecular flexibility index (Phi) is 4.89. The Morgan fingerprint density at radius 2 is 1.95 bits per heavy atom. The maximum atomic E-state index is 13.1. The summed E-state index contributed by atoms with van der Waals surface area (Å²) in [6, 6.07) is 14.4. The number of nitrogens with one attached hydrogen (secondary N) is 1. The molecule has 0 radical (unpaired) electrons. The van der Waals surface area contributed by atoms with Crippen molar-refractivity contribution in [2.45, 2.75) is 19.5 Å². The lowest BCUT2D eigenvalue weighted by Crippen LogP contribution is -2.18. The van der Waals surface area contributed by atoms with Crippen LogP contribution in [0.3, 0.4) is 0 Å². The predicted molar refractivity (Wildman–Crippen MR) is 80.5 cm³/mol. The zero-order valence-corrected chi connectivity index (χ0v) is 12.6. The van der Waals surface area contributed by atoms with Crippen LogP contribution in [0.4, 0.5) is 4.39 Å². The summed E-state index contributed by atoms with van der Waals surface area (Å²) in [7, 11) is 0. The Balaban J connectivity index is 2.01. The van der Waals surface area contributed by atoms with Crippen LogP contribution in [0.2, 0.25) is 0 Å². The lowest BCUT2D eigenvalue weighted by Gasteiger charge is -2.16. The summed E-state index contributed by atoms with van der Waals surface area (Å²) in [6.45, 7) is 2.72. The minimum absolute atomic E-state index is 0.0978. The van der Waals surface area contributed by atoms with Gasteiger partial charge in [0.2, 0.25) is 0 Å². The molecule has 1 unspecified atom stereocenters. The van der Waals surface area contributed by atoms with E-state index in [1.165, 1.54) is 12.1 Å². The van der Waals surface area contributed by atoms with E-state index < -0.39 is 0 Å². The SMILES string of the molecule is CC(NCc1ccc(C#N)cc1)c1ccc(F)cc1Br.